The van der Waals surface area contributed by atoms with E-state index in [0.29, 0.717) is 0 Å². The van der Waals surface area contributed by atoms with Gasteiger partial charge in [0.15, 0.2) is 0 Å². The molecule has 0 aliphatic heterocycles. The van der Waals surface area contributed by atoms with E-state index in [4.69, 9.17) is 5.73 Å². The van der Waals surface area contributed by atoms with Crippen molar-refractivity contribution in [2.75, 3.05) is 0 Å². The van der Waals surface area contributed by atoms with Crippen molar-refractivity contribution in [1.29, 1.82) is 0 Å². The van der Waals surface area contributed by atoms with Crippen LogP contribution in [0.3, 0.4) is 0 Å². The molecule has 1 aromatic rings. The summed E-state index contributed by atoms with van der Waals surface area (Å²) in [5.74, 6) is 0.855. The maximum atomic E-state index is 6.29. The fourth-order valence-electron chi connectivity index (χ4n) is 3.00. The molecule has 0 bridgehead atoms. The lowest BCUT2D eigenvalue weighted by Gasteiger charge is -2.19. The van der Waals surface area contributed by atoms with Gasteiger partial charge in [-0.2, -0.15) is 0 Å². The summed E-state index contributed by atoms with van der Waals surface area (Å²) >= 11 is 0. The zero-order chi connectivity index (χ0) is 12.8. The first-order valence-electron chi connectivity index (χ1n) is 7.41. The molecule has 1 fully saturated rings. The second kappa shape index (κ2) is 6.89. The smallest absolute Gasteiger partial charge is 0.0419 e. The van der Waals surface area contributed by atoms with E-state index < -0.39 is 0 Å². The van der Waals surface area contributed by atoms with E-state index in [2.05, 4.69) is 24.0 Å². The van der Waals surface area contributed by atoms with Crippen LogP contribution in [-0.4, -0.2) is 11.0 Å². The number of nitrogens with zero attached hydrogens (tertiary/aromatic N) is 1. The minimum atomic E-state index is 0.281. The predicted molar refractivity (Wildman–Crippen MR) is 76.5 cm³/mol. The van der Waals surface area contributed by atoms with Crippen LogP contribution in [0.4, 0.5) is 0 Å². The van der Waals surface area contributed by atoms with Crippen LogP contribution < -0.4 is 5.73 Å². The highest BCUT2D eigenvalue weighted by atomic mass is 14.7. The quantitative estimate of drug-likeness (QED) is 0.824. The van der Waals surface area contributed by atoms with Crippen LogP contribution in [0.15, 0.2) is 18.3 Å². The van der Waals surface area contributed by atoms with Crippen LogP contribution in [0.5, 0.6) is 0 Å². The molecule has 18 heavy (non-hydrogen) atoms. The third-order valence-electron chi connectivity index (χ3n) is 4.05. The first-order chi connectivity index (χ1) is 8.74. The molecule has 2 rings (SSSR count). The van der Waals surface area contributed by atoms with E-state index >= 15 is 0 Å². The van der Waals surface area contributed by atoms with Gasteiger partial charge in [0.05, 0.1) is 0 Å². The van der Waals surface area contributed by atoms with Gasteiger partial charge in [0, 0.05) is 24.4 Å². The highest BCUT2D eigenvalue weighted by Crippen LogP contribution is 2.26. The molecular formula is C16H26N2. The molecule has 0 amide bonds. The van der Waals surface area contributed by atoms with Gasteiger partial charge in [-0.25, -0.2) is 0 Å². The molecule has 1 heterocycles. The van der Waals surface area contributed by atoms with E-state index in [1.54, 1.807) is 0 Å². The summed E-state index contributed by atoms with van der Waals surface area (Å²) in [6.45, 7) is 2.07. The molecule has 1 aliphatic rings. The van der Waals surface area contributed by atoms with Crippen molar-refractivity contribution in [3.8, 4) is 0 Å². The van der Waals surface area contributed by atoms with Gasteiger partial charge >= 0.3 is 0 Å². The van der Waals surface area contributed by atoms with Crippen molar-refractivity contribution in [2.45, 2.75) is 64.3 Å². The minimum absolute atomic E-state index is 0.281. The number of aryl methyl sites for hydroxylation is 1. The van der Waals surface area contributed by atoms with E-state index in [1.807, 2.05) is 6.20 Å². The van der Waals surface area contributed by atoms with Crippen LogP contribution >= 0.6 is 0 Å². The van der Waals surface area contributed by atoms with Gasteiger partial charge in [-0.1, -0.05) is 44.6 Å². The lowest BCUT2D eigenvalue weighted by molar-refractivity contribution is 0.386. The molecule has 2 nitrogen and oxygen atoms in total. The topological polar surface area (TPSA) is 38.9 Å². The summed E-state index contributed by atoms with van der Waals surface area (Å²) in [7, 11) is 0. The van der Waals surface area contributed by atoms with Crippen molar-refractivity contribution < 1.29 is 0 Å². The molecular weight excluding hydrogens is 220 g/mol. The Bertz CT molecular complexity index is 337. The highest BCUT2D eigenvalue weighted by molar-refractivity contribution is 5.12. The second-order valence-corrected chi connectivity index (χ2v) is 5.88. The van der Waals surface area contributed by atoms with Gasteiger partial charge in [-0.15, -0.1) is 0 Å². The molecule has 1 unspecified atom stereocenters. The number of nitrogens with two attached hydrogens (primary N) is 1. The highest BCUT2D eigenvalue weighted by Gasteiger charge is 2.16. The van der Waals surface area contributed by atoms with Gasteiger partial charge < -0.3 is 5.73 Å². The number of aromatic nitrogens is 1. The predicted octanol–water partition coefficient (Wildman–Crippen LogP) is 3.62. The van der Waals surface area contributed by atoms with Crippen molar-refractivity contribution in [1.82, 2.24) is 4.98 Å². The van der Waals surface area contributed by atoms with E-state index in [-0.39, 0.29) is 6.04 Å². The summed E-state index contributed by atoms with van der Waals surface area (Å²) in [6.07, 6.45) is 12.5. The Morgan fingerprint density at radius 2 is 1.94 bits per heavy atom. The fourth-order valence-corrected chi connectivity index (χ4v) is 3.00. The normalized spacial score (nSPS) is 19.4. The average molecular weight is 246 g/mol. The van der Waals surface area contributed by atoms with Gasteiger partial charge in [0.25, 0.3) is 0 Å². The Balaban J connectivity index is 1.80. The lowest BCUT2D eigenvalue weighted by atomic mass is 9.91. The second-order valence-electron chi connectivity index (χ2n) is 5.88. The minimum Gasteiger partial charge on any atom is -0.327 e. The van der Waals surface area contributed by atoms with E-state index in [0.717, 1.165) is 18.0 Å². The summed E-state index contributed by atoms with van der Waals surface area (Å²) in [5.41, 5.74) is 8.64. The van der Waals surface area contributed by atoms with E-state index in [9.17, 15) is 0 Å². The van der Waals surface area contributed by atoms with Crippen LogP contribution in [0.25, 0.3) is 0 Å². The largest absolute Gasteiger partial charge is 0.327 e. The molecule has 0 spiro atoms. The van der Waals surface area contributed by atoms with Gasteiger partial charge in [0.2, 0.25) is 0 Å². The number of hydrogen-bond donors (Lipinski definition) is 1. The van der Waals surface area contributed by atoms with Gasteiger partial charge in [0.1, 0.15) is 0 Å². The summed E-state index contributed by atoms with van der Waals surface area (Å²) in [6, 6.07) is 4.52. The van der Waals surface area contributed by atoms with Crippen LogP contribution in [0, 0.1) is 12.8 Å². The maximum absolute atomic E-state index is 6.29. The van der Waals surface area contributed by atoms with Crippen molar-refractivity contribution in [3.05, 3.63) is 29.6 Å². The first kappa shape index (κ1) is 13.5. The Hall–Kier alpha value is -0.890. The third-order valence-corrected chi connectivity index (χ3v) is 4.05. The third kappa shape index (κ3) is 4.41. The number of rotatable bonds is 4. The molecule has 0 aromatic carbocycles. The molecule has 1 atom stereocenters. The molecule has 1 saturated carbocycles. The van der Waals surface area contributed by atoms with Gasteiger partial charge in [-0.3, -0.25) is 4.98 Å². The Labute approximate surface area is 111 Å². The van der Waals surface area contributed by atoms with Crippen molar-refractivity contribution in [2.24, 2.45) is 11.7 Å². The van der Waals surface area contributed by atoms with Crippen LogP contribution in [0.2, 0.25) is 0 Å². The van der Waals surface area contributed by atoms with Crippen LogP contribution in [0.1, 0.15) is 56.2 Å². The van der Waals surface area contributed by atoms with E-state index in [1.165, 1.54) is 50.5 Å². The molecule has 1 aliphatic carbocycles. The molecule has 1 aromatic heterocycles. The average Bonchev–Trinajstić information content (AvgIpc) is 2.61. The van der Waals surface area contributed by atoms with Gasteiger partial charge in [-0.05, 0) is 30.9 Å². The Morgan fingerprint density at radius 1 is 1.22 bits per heavy atom. The zero-order valence-electron chi connectivity index (χ0n) is 11.6. The molecule has 0 saturated heterocycles. The summed E-state index contributed by atoms with van der Waals surface area (Å²) < 4.78 is 0. The van der Waals surface area contributed by atoms with Crippen molar-refractivity contribution in [3.63, 3.8) is 0 Å². The Kier molecular flexibility index (Phi) is 5.18. The molecule has 100 valence electrons. The van der Waals surface area contributed by atoms with Crippen molar-refractivity contribution >= 4 is 0 Å². The monoisotopic (exact) mass is 246 g/mol. The summed E-state index contributed by atoms with van der Waals surface area (Å²) in [5, 5.41) is 0. The zero-order valence-corrected chi connectivity index (χ0v) is 11.6. The molecule has 0 radical (unpaired) electrons. The molecule has 2 heteroatoms. The number of hydrogen-bond acceptors (Lipinski definition) is 2. The fraction of sp³-hybridized carbons (Fsp3) is 0.688. The number of pyridine rings is 1. The Morgan fingerprint density at radius 3 is 2.56 bits per heavy atom. The maximum Gasteiger partial charge on any atom is 0.0419 e. The SMILES string of the molecule is Cc1ccc(CC(N)CC2CCCCCC2)nc1. The lowest BCUT2D eigenvalue weighted by Crippen LogP contribution is -2.26. The molecule has 2 N–H and O–H groups in total. The first-order valence-corrected chi connectivity index (χ1v) is 7.41. The van der Waals surface area contributed by atoms with Crippen LogP contribution in [-0.2, 0) is 6.42 Å². The standard InChI is InChI=1S/C16H26N2/c1-13-8-9-16(18-12-13)11-15(17)10-14-6-4-2-3-5-7-14/h8-9,12,14-15H,2-7,10-11,17H2,1H3. The summed E-state index contributed by atoms with van der Waals surface area (Å²) in [4.78, 5) is 4.45.